The van der Waals surface area contributed by atoms with Crippen molar-refractivity contribution in [2.45, 2.75) is 13.3 Å². The van der Waals surface area contributed by atoms with Crippen molar-refractivity contribution in [2.24, 2.45) is 5.73 Å². The summed E-state index contributed by atoms with van der Waals surface area (Å²) in [5, 5.41) is 0. The lowest BCUT2D eigenvalue weighted by Crippen LogP contribution is -2.31. The van der Waals surface area contributed by atoms with E-state index in [9.17, 15) is 0 Å². The fourth-order valence-electron chi connectivity index (χ4n) is 2.13. The van der Waals surface area contributed by atoms with E-state index in [0.717, 1.165) is 19.5 Å². The van der Waals surface area contributed by atoms with Crippen LogP contribution in [-0.2, 0) is 15.9 Å². The Morgan fingerprint density at radius 2 is 1.74 bits per heavy atom. The second-order valence-corrected chi connectivity index (χ2v) is 4.64. The molecule has 0 aliphatic carbocycles. The fraction of sp³-hybridized carbons (Fsp3) is 0.600. The number of benzene rings is 1. The number of nitrogens with two attached hydrogens (primary N) is 1. The van der Waals surface area contributed by atoms with Crippen molar-refractivity contribution >= 4 is 5.69 Å². The van der Waals surface area contributed by atoms with Crippen LogP contribution in [0.1, 0.15) is 11.1 Å². The highest BCUT2D eigenvalue weighted by Crippen LogP contribution is 2.22. The van der Waals surface area contributed by atoms with Crippen LogP contribution < -0.4 is 10.6 Å². The number of ether oxygens (including phenoxy) is 2. The molecule has 4 heteroatoms. The minimum absolute atomic E-state index is 0.666. The summed E-state index contributed by atoms with van der Waals surface area (Å²) in [6.45, 7) is 5.91. The van der Waals surface area contributed by atoms with E-state index < -0.39 is 0 Å². The Morgan fingerprint density at radius 3 is 2.26 bits per heavy atom. The predicted octanol–water partition coefficient (Wildman–Crippen LogP) is 1.60. The monoisotopic (exact) mass is 266 g/mol. The van der Waals surface area contributed by atoms with Gasteiger partial charge in [-0.3, -0.25) is 0 Å². The quantitative estimate of drug-likeness (QED) is 0.737. The minimum Gasteiger partial charge on any atom is -0.383 e. The van der Waals surface area contributed by atoms with Gasteiger partial charge in [-0.15, -0.1) is 0 Å². The van der Waals surface area contributed by atoms with Crippen molar-refractivity contribution in [1.82, 2.24) is 0 Å². The van der Waals surface area contributed by atoms with Gasteiger partial charge in [-0.1, -0.05) is 17.7 Å². The van der Waals surface area contributed by atoms with Crippen molar-refractivity contribution in [3.63, 3.8) is 0 Å². The van der Waals surface area contributed by atoms with E-state index in [4.69, 9.17) is 15.2 Å². The van der Waals surface area contributed by atoms with Gasteiger partial charge in [-0.2, -0.15) is 0 Å². The molecule has 0 amide bonds. The van der Waals surface area contributed by atoms with Crippen LogP contribution in [-0.4, -0.2) is 47.1 Å². The molecule has 1 rings (SSSR count). The smallest absolute Gasteiger partial charge is 0.0637 e. The van der Waals surface area contributed by atoms with Gasteiger partial charge in [-0.25, -0.2) is 0 Å². The van der Waals surface area contributed by atoms with E-state index in [0.29, 0.717) is 19.8 Å². The van der Waals surface area contributed by atoms with Crippen LogP contribution in [0.5, 0.6) is 0 Å². The summed E-state index contributed by atoms with van der Waals surface area (Å²) in [4.78, 5) is 2.30. The molecule has 0 heterocycles. The molecule has 0 aliphatic heterocycles. The largest absolute Gasteiger partial charge is 0.383 e. The summed E-state index contributed by atoms with van der Waals surface area (Å²) < 4.78 is 10.4. The Labute approximate surface area is 116 Å². The summed E-state index contributed by atoms with van der Waals surface area (Å²) in [5.74, 6) is 0. The lowest BCUT2D eigenvalue weighted by atomic mass is 10.1. The summed E-state index contributed by atoms with van der Waals surface area (Å²) >= 11 is 0. The van der Waals surface area contributed by atoms with Gasteiger partial charge in [0.1, 0.15) is 0 Å². The zero-order valence-corrected chi connectivity index (χ0v) is 12.3. The molecule has 108 valence electrons. The highest BCUT2D eigenvalue weighted by molar-refractivity contribution is 5.55. The third-order valence-corrected chi connectivity index (χ3v) is 3.12. The maximum absolute atomic E-state index is 5.71. The molecule has 0 spiro atoms. The van der Waals surface area contributed by atoms with E-state index in [2.05, 4.69) is 30.0 Å². The van der Waals surface area contributed by atoms with Gasteiger partial charge >= 0.3 is 0 Å². The van der Waals surface area contributed by atoms with Crippen LogP contribution in [0.2, 0.25) is 0 Å². The highest BCUT2D eigenvalue weighted by Gasteiger charge is 2.11. The van der Waals surface area contributed by atoms with Gasteiger partial charge in [-0.05, 0) is 31.5 Å². The molecular weight excluding hydrogens is 240 g/mol. The normalized spacial score (nSPS) is 10.7. The van der Waals surface area contributed by atoms with Gasteiger partial charge in [0, 0.05) is 33.0 Å². The molecule has 0 radical (unpaired) electrons. The van der Waals surface area contributed by atoms with Crippen molar-refractivity contribution in [3.8, 4) is 0 Å². The zero-order valence-electron chi connectivity index (χ0n) is 12.3. The maximum Gasteiger partial charge on any atom is 0.0637 e. The van der Waals surface area contributed by atoms with Crippen LogP contribution in [0.15, 0.2) is 18.2 Å². The van der Waals surface area contributed by atoms with E-state index in [-0.39, 0.29) is 0 Å². The number of hydrogen-bond acceptors (Lipinski definition) is 4. The molecular formula is C15H26N2O2. The van der Waals surface area contributed by atoms with Gasteiger partial charge < -0.3 is 20.1 Å². The number of methoxy groups -OCH3 is 2. The molecule has 1 aromatic carbocycles. The molecule has 4 nitrogen and oxygen atoms in total. The van der Waals surface area contributed by atoms with Gasteiger partial charge in [0.05, 0.1) is 13.2 Å². The van der Waals surface area contributed by atoms with E-state index >= 15 is 0 Å². The second-order valence-electron chi connectivity index (χ2n) is 4.64. The number of aryl methyl sites for hydroxylation is 1. The Balaban J connectivity index is 2.91. The van der Waals surface area contributed by atoms with Crippen molar-refractivity contribution in [2.75, 3.05) is 52.0 Å². The average Bonchev–Trinajstić information content (AvgIpc) is 2.40. The summed E-state index contributed by atoms with van der Waals surface area (Å²) in [7, 11) is 3.45. The molecule has 0 aliphatic rings. The first-order valence-corrected chi connectivity index (χ1v) is 6.75. The maximum atomic E-state index is 5.71. The Morgan fingerprint density at radius 1 is 1.11 bits per heavy atom. The van der Waals surface area contributed by atoms with E-state index in [1.54, 1.807) is 14.2 Å². The first kappa shape index (κ1) is 16.0. The predicted molar refractivity (Wildman–Crippen MR) is 79.9 cm³/mol. The standard InChI is InChI=1S/C15H26N2O2/c1-13-4-5-15(14(12-13)6-7-16)17(8-10-18-2)9-11-19-3/h4-5,12H,6-11,16H2,1-3H3. The zero-order chi connectivity index (χ0) is 14.1. The number of rotatable bonds is 9. The van der Waals surface area contributed by atoms with Gasteiger partial charge in [0.2, 0.25) is 0 Å². The number of hydrogen-bond donors (Lipinski definition) is 1. The Kier molecular flexibility index (Phi) is 7.48. The Hall–Kier alpha value is -1.10. The van der Waals surface area contributed by atoms with Crippen LogP contribution in [0, 0.1) is 6.92 Å². The lowest BCUT2D eigenvalue weighted by Gasteiger charge is -2.27. The molecule has 0 bridgehead atoms. The summed E-state index contributed by atoms with van der Waals surface area (Å²) in [5.41, 5.74) is 9.52. The summed E-state index contributed by atoms with van der Waals surface area (Å²) in [6, 6.07) is 6.53. The van der Waals surface area contributed by atoms with E-state index in [1.807, 2.05) is 0 Å². The molecule has 0 aromatic heterocycles. The molecule has 0 saturated heterocycles. The van der Waals surface area contributed by atoms with Crippen molar-refractivity contribution < 1.29 is 9.47 Å². The van der Waals surface area contributed by atoms with Crippen LogP contribution in [0.3, 0.4) is 0 Å². The van der Waals surface area contributed by atoms with Crippen molar-refractivity contribution in [3.05, 3.63) is 29.3 Å². The molecule has 0 atom stereocenters. The highest BCUT2D eigenvalue weighted by atomic mass is 16.5. The molecule has 0 fully saturated rings. The second kappa shape index (κ2) is 8.91. The van der Waals surface area contributed by atoms with Crippen LogP contribution in [0.25, 0.3) is 0 Å². The molecule has 0 saturated carbocycles. The number of anilines is 1. The minimum atomic E-state index is 0.666. The fourth-order valence-corrected chi connectivity index (χ4v) is 2.13. The topological polar surface area (TPSA) is 47.7 Å². The molecule has 0 unspecified atom stereocenters. The molecule has 2 N–H and O–H groups in total. The lowest BCUT2D eigenvalue weighted by molar-refractivity contribution is 0.190. The first-order valence-electron chi connectivity index (χ1n) is 6.75. The van der Waals surface area contributed by atoms with Gasteiger partial charge in [0.25, 0.3) is 0 Å². The third kappa shape index (κ3) is 5.19. The number of nitrogens with zero attached hydrogens (tertiary/aromatic N) is 1. The van der Waals surface area contributed by atoms with Crippen LogP contribution in [0.4, 0.5) is 5.69 Å². The third-order valence-electron chi connectivity index (χ3n) is 3.12. The Bertz CT molecular complexity index is 361. The van der Waals surface area contributed by atoms with Gasteiger partial charge in [0.15, 0.2) is 0 Å². The van der Waals surface area contributed by atoms with Crippen LogP contribution >= 0.6 is 0 Å². The average molecular weight is 266 g/mol. The summed E-state index contributed by atoms with van der Waals surface area (Å²) in [6.07, 6.45) is 0.896. The molecule has 1 aromatic rings. The molecule has 19 heavy (non-hydrogen) atoms. The first-order chi connectivity index (χ1) is 9.22. The van der Waals surface area contributed by atoms with E-state index in [1.165, 1.54) is 16.8 Å². The van der Waals surface area contributed by atoms with Crippen molar-refractivity contribution in [1.29, 1.82) is 0 Å². The SMILES string of the molecule is COCCN(CCOC)c1ccc(C)cc1CCN.